The molecule has 0 saturated heterocycles. The van der Waals surface area contributed by atoms with E-state index in [0.717, 1.165) is 6.42 Å². The predicted molar refractivity (Wildman–Crippen MR) is 64.7 cm³/mol. The van der Waals surface area contributed by atoms with E-state index in [0.29, 0.717) is 12.6 Å². The predicted octanol–water partition coefficient (Wildman–Crippen LogP) is 1.36. The second-order valence-electron chi connectivity index (χ2n) is 3.66. The molecule has 0 fully saturated rings. The number of hydrogen-bond acceptors (Lipinski definition) is 1. The molecule has 0 spiro atoms. The second kappa shape index (κ2) is 7.05. The monoisotopic (exact) mass is 205 g/mol. The van der Waals surface area contributed by atoms with Gasteiger partial charge in [-0.3, -0.25) is 4.90 Å². The first kappa shape index (κ1) is 13.7. The Bertz CT molecular complexity index is 302. The van der Waals surface area contributed by atoms with Crippen molar-refractivity contribution in [2.45, 2.75) is 19.4 Å². The van der Waals surface area contributed by atoms with Gasteiger partial charge in [-0.1, -0.05) is 36.3 Å². The van der Waals surface area contributed by atoms with E-state index in [1.54, 1.807) is 0 Å². The maximum atomic E-state index is 5.27. The molecule has 2 nitrogen and oxygen atoms in total. The molecule has 1 rings (SSSR count). The maximum Gasteiger partial charge on any atom is 0.0598 e. The Balaban J connectivity index is 0.00000196. The van der Waals surface area contributed by atoms with Crippen LogP contribution in [-0.4, -0.2) is 30.0 Å². The van der Waals surface area contributed by atoms with Crippen LogP contribution in [0.5, 0.6) is 0 Å². The third kappa shape index (κ3) is 4.64. The zero-order chi connectivity index (χ0) is 10.4. The molecule has 0 heterocycles. The first-order valence-electron chi connectivity index (χ1n) is 4.91. The van der Waals surface area contributed by atoms with Gasteiger partial charge in [-0.25, -0.2) is 0 Å². The Labute approximate surface area is 92.2 Å². The van der Waals surface area contributed by atoms with Crippen LogP contribution in [0.4, 0.5) is 0 Å². The van der Waals surface area contributed by atoms with Crippen molar-refractivity contribution in [3.8, 4) is 12.3 Å². The van der Waals surface area contributed by atoms with E-state index in [4.69, 9.17) is 6.42 Å². The van der Waals surface area contributed by atoms with E-state index in [1.807, 2.05) is 6.07 Å². The van der Waals surface area contributed by atoms with E-state index in [9.17, 15) is 0 Å². The molecule has 2 heteroatoms. The highest BCUT2D eigenvalue weighted by Crippen LogP contribution is 2.06. The molecule has 0 amide bonds. The zero-order valence-corrected chi connectivity index (χ0v) is 9.40. The van der Waals surface area contributed by atoms with Crippen molar-refractivity contribution < 1.29 is 5.48 Å². The third-order valence-electron chi connectivity index (χ3n) is 2.47. The highest BCUT2D eigenvalue weighted by Gasteiger charge is 2.07. The molecular formula is C13H19NO. The van der Waals surface area contributed by atoms with Gasteiger partial charge in [-0.15, -0.1) is 6.42 Å². The Morgan fingerprint density at radius 2 is 1.93 bits per heavy atom. The summed E-state index contributed by atoms with van der Waals surface area (Å²) in [5.41, 5.74) is 1.36. The Morgan fingerprint density at radius 3 is 2.47 bits per heavy atom. The lowest BCUT2D eigenvalue weighted by molar-refractivity contribution is 0.287. The van der Waals surface area contributed by atoms with Gasteiger partial charge in [0.05, 0.1) is 6.54 Å². The first-order chi connectivity index (χ1) is 6.74. The fraction of sp³-hybridized carbons (Fsp3) is 0.385. The average molecular weight is 205 g/mol. The molecule has 1 aromatic carbocycles. The van der Waals surface area contributed by atoms with Crippen LogP contribution in [0.1, 0.15) is 12.5 Å². The van der Waals surface area contributed by atoms with Crippen molar-refractivity contribution in [3.05, 3.63) is 35.9 Å². The summed E-state index contributed by atoms with van der Waals surface area (Å²) >= 11 is 0. The van der Waals surface area contributed by atoms with Crippen molar-refractivity contribution in [3.63, 3.8) is 0 Å². The lowest BCUT2D eigenvalue weighted by Gasteiger charge is -2.22. The number of nitrogens with zero attached hydrogens (tertiary/aromatic N) is 1. The molecule has 0 aliphatic carbocycles. The summed E-state index contributed by atoms with van der Waals surface area (Å²) in [4.78, 5) is 2.19. The van der Waals surface area contributed by atoms with Crippen molar-refractivity contribution in [1.29, 1.82) is 0 Å². The summed E-state index contributed by atoms with van der Waals surface area (Å²) < 4.78 is 0. The largest absolute Gasteiger partial charge is 0.412 e. The van der Waals surface area contributed by atoms with E-state index >= 15 is 0 Å². The molecule has 82 valence electrons. The molecule has 2 N–H and O–H groups in total. The molecule has 0 radical (unpaired) electrons. The van der Waals surface area contributed by atoms with Crippen LogP contribution >= 0.6 is 0 Å². The van der Waals surface area contributed by atoms with E-state index in [2.05, 4.69) is 49.1 Å². The van der Waals surface area contributed by atoms with Gasteiger partial charge in [0, 0.05) is 6.04 Å². The van der Waals surface area contributed by atoms with Crippen LogP contribution in [0.3, 0.4) is 0 Å². The Kier molecular flexibility index (Phi) is 6.44. The molecule has 15 heavy (non-hydrogen) atoms. The summed E-state index contributed by atoms with van der Waals surface area (Å²) in [6.45, 7) is 2.92. The molecule has 0 aliphatic heterocycles. The summed E-state index contributed by atoms with van der Waals surface area (Å²) in [6, 6.07) is 11.0. The van der Waals surface area contributed by atoms with E-state index in [-0.39, 0.29) is 5.48 Å². The molecule has 0 aliphatic rings. The lowest BCUT2D eigenvalue weighted by Crippen LogP contribution is -2.31. The number of hydrogen-bond donors (Lipinski definition) is 0. The minimum absolute atomic E-state index is 0. The molecule has 0 saturated carbocycles. The minimum Gasteiger partial charge on any atom is -0.412 e. The van der Waals surface area contributed by atoms with Gasteiger partial charge < -0.3 is 5.48 Å². The molecule has 0 bridgehead atoms. The van der Waals surface area contributed by atoms with Crippen LogP contribution in [0.15, 0.2) is 30.3 Å². The van der Waals surface area contributed by atoms with Gasteiger partial charge in [0.1, 0.15) is 0 Å². The molecule has 0 unspecified atom stereocenters. The fourth-order valence-electron chi connectivity index (χ4n) is 1.41. The standard InChI is InChI=1S/C13H17N.H2O/c1-4-10-14(3)12(2)11-13-8-6-5-7-9-13;/h1,5-9,12H,10-11H2,2-3H3;1H2/t12-;/m1./s1. The van der Waals surface area contributed by atoms with Gasteiger partial charge in [-0.05, 0) is 26.0 Å². The molecule has 1 aromatic rings. The smallest absolute Gasteiger partial charge is 0.0598 e. The Morgan fingerprint density at radius 1 is 1.33 bits per heavy atom. The number of rotatable bonds is 4. The number of benzene rings is 1. The molecule has 1 atom stereocenters. The van der Waals surface area contributed by atoms with Crippen LogP contribution < -0.4 is 0 Å². The number of likely N-dealkylation sites (N-methyl/N-ethyl adjacent to an activating group) is 1. The van der Waals surface area contributed by atoms with E-state index < -0.39 is 0 Å². The van der Waals surface area contributed by atoms with Crippen molar-refractivity contribution in [2.75, 3.05) is 13.6 Å². The fourth-order valence-corrected chi connectivity index (χ4v) is 1.41. The zero-order valence-electron chi connectivity index (χ0n) is 9.40. The SMILES string of the molecule is C#CCN(C)[C@H](C)Cc1ccccc1.O. The van der Waals surface area contributed by atoms with Gasteiger partial charge in [-0.2, -0.15) is 0 Å². The van der Waals surface area contributed by atoms with Crippen LogP contribution in [0, 0.1) is 12.3 Å². The number of terminal acetylenes is 1. The van der Waals surface area contributed by atoms with Gasteiger partial charge in [0.25, 0.3) is 0 Å². The third-order valence-corrected chi connectivity index (χ3v) is 2.47. The molecule has 0 aromatic heterocycles. The Hall–Kier alpha value is -1.30. The van der Waals surface area contributed by atoms with Gasteiger partial charge >= 0.3 is 0 Å². The van der Waals surface area contributed by atoms with E-state index in [1.165, 1.54) is 5.56 Å². The van der Waals surface area contributed by atoms with Gasteiger partial charge in [0.2, 0.25) is 0 Å². The molecular weight excluding hydrogens is 186 g/mol. The first-order valence-corrected chi connectivity index (χ1v) is 4.91. The normalized spacial score (nSPS) is 11.6. The van der Waals surface area contributed by atoms with Gasteiger partial charge in [0.15, 0.2) is 0 Å². The quantitative estimate of drug-likeness (QED) is 0.683. The summed E-state index contributed by atoms with van der Waals surface area (Å²) in [5, 5.41) is 0. The van der Waals surface area contributed by atoms with Crippen molar-refractivity contribution in [2.24, 2.45) is 0 Å². The minimum atomic E-state index is 0. The lowest BCUT2D eigenvalue weighted by atomic mass is 10.1. The van der Waals surface area contributed by atoms with Crippen molar-refractivity contribution in [1.82, 2.24) is 4.90 Å². The topological polar surface area (TPSA) is 34.7 Å². The van der Waals surface area contributed by atoms with Crippen LogP contribution in [0.25, 0.3) is 0 Å². The summed E-state index contributed by atoms with van der Waals surface area (Å²) in [7, 11) is 2.06. The average Bonchev–Trinajstić information content (AvgIpc) is 2.19. The maximum absolute atomic E-state index is 5.27. The second-order valence-corrected chi connectivity index (χ2v) is 3.66. The van der Waals surface area contributed by atoms with Crippen LogP contribution in [0.2, 0.25) is 0 Å². The van der Waals surface area contributed by atoms with Crippen LogP contribution in [-0.2, 0) is 6.42 Å². The highest BCUT2D eigenvalue weighted by atomic mass is 16.0. The summed E-state index contributed by atoms with van der Waals surface area (Å²) in [5.74, 6) is 2.66. The summed E-state index contributed by atoms with van der Waals surface area (Å²) in [6.07, 6.45) is 6.32. The highest BCUT2D eigenvalue weighted by molar-refractivity contribution is 5.15. The van der Waals surface area contributed by atoms with Crippen molar-refractivity contribution >= 4 is 0 Å².